The number of fused-ring (bicyclic) bond motifs is 3. The molecule has 0 aliphatic heterocycles. The van der Waals surface area contributed by atoms with Crippen molar-refractivity contribution >= 4 is 24.8 Å². The lowest BCUT2D eigenvalue weighted by atomic mass is 10.2. The maximum Gasteiger partial charge on any atom is 0.264 e. The van der Waals surface area contributed by atoms with Crippen LogP contribution in [0.3, 0.4) is 0 Å². The first-order valence-corrected chi connectivity index (χ1v) is 11.1. The number of aromatic nitrogens is 4. The minimum Gasteiger partial charge on any atom is -0.361 e. The number of hydrogen-bond donors (Lipinski definition) is 0. The molecule has 0 atom stereocenters. The monoisotopic (exact) mass is 316 g/mol. The van der Waals surface area contributed by atoms with Crippen LogP contribution in [-0.4, -0.2) is 33.8 Å². The lowest BCUT2D eigenvalue weighted by Crippen LogP contribution is -2.26. The third kappa shape index (κ3) is 2.82. The van der Waals surface area contributed by atoms with Crippen LogP contribution in [0.2, 0.25) is 25.7 Å². The molecule has 0 spiro atoms. The van der Waals surface area contributed by atoms with Crippen molar-refractivity contribution in [3.63, 3.8) is 0 Å². The highest BCUT2D eigenvalue weighted by atomic mass is 28.3. The summed E-state index contributed by atoms with van der Waals surface area (Å²) in [5.41, 5.74) is 0.718. The summed E-state index contributed by atoms with van der Waals surface area (Å²) in [6, 6.07) is 8.53. The molecule has 0 fully saturated rings. The zero-order valence-corrected chi connectivity index (χ0v) is 14.1. The van der Waals surface area contributed by atoms with E-state index in [9.17, 15) is 4.79 Å². The number of ether oxygens (including phenoxy) is 1. The molecule has 0 radical (unpaired) electrons. The molecule has 0 N–H and O–H groups in total. The molecule has 7 heteroatoms. The Morgan fingerprint density at radius 2 is 2.00 bits per heavy atom. The predicted molar refractivity (Wildman–Crippen MR) is 88.9 cm³/mol. The van der Waals surface area contributed by atoms with E-state index in [0.29, 0.717) is 17.8 Å². The summed E-state index contributed by atoms with van der Waals surface area (Å²) in [7, 11) is -1.14. The van der Waals surface area contributed by atoms with Crippen LogP contribution in [0.4, 0.5) is 0 Å². The molecule has 0 aliphatic carbocycles. The normalized spacial score (nSPS) is 12.3. The van der Waals surface area contributed by atoms with Gasteiger partial charge in [0, 0.05) is 14.7 Å². The summed E-state index contributed by atoms with van der Waals surface area (Å²) >= 11 is 0. The van der Waals surface area contributed by atoms with E-state index < -0.39 is 8.07 Å². The van der Waals surface area contributed by atoms with Crippen LogP contribution in [0.25, 0.3) is 16.7 Å². The first kappa shape index (κ1) is 14.9. The van der Waals surface area contributed by atoms with Crippen LogP contribution >= 0.6 is 0 Å². The number of rotatable bonds is 5. The average molecular weight is 316 g/mol. The molecular formula is C15H20N4O2Si. The van der Waals surface area contributed by atoms with E-state index in [0.717, 1.165) is 11.6 Å². The number of benzene rings is 1. The van der Waals surface area contributed by atoms with Gasteiger partial charge in [0.2, 0.25) is 5.78 Å². The summed E-state index contributed by atoms with van der Waals surface area (Å²) < 4.78 is 9.08. The zero-order chi connectivity index (χ0) is 15.7. The van der Waals surface area contributed by atoms with E-state index in [1.165, 1.54) is 0 Å². The maximum absolute atomic E-state index is 12.6. The lowest BCUT2D eigenvalue weighted by Gasteiger charge is -2.16. The van der Waals surface area contributed by atoms with Gasteiger partial charge >= 0.3 is 0 Å². The number of para-hydroxylation sites is 1. The Kier molecular flexibility index (Phi) is 3.84. The Balaban J connectivity index is 1.96. The Morgan fingerprint density at radius 1 is 1.23 bits per heavy atom. The summed E-state index contributed by atoms with van der Waals surface area (Å²) in [4.78, 5) is 12.6. The second-order valence-electron chi connectivity index (χ2n) is 6.60. The Morgan fingerprint density at radius 3 is 2.77 bits per heavy atom. The Hall–Kier alpha value is -1.99. The van der Waals surface area contributed by atoms with Crippen LogP contribution in [-0.2, 0) is 11.5 Å². The van der Waals surface area contributed by atoms with Crippen LogP contribution in [0.15, 0.2) is 35.4 Å². The maximum atomic E-state index is 12.6. The van der Waals surface area contributed by atoms with E-state index in [2.05, 4.69) is 29.8 Å². The molecule has 0 bridgehead atoms. The molecule has 3 aromatic rings. The van der Waals surface area contributed by atoms with Crippen molar-refractivity contribution in [2.45, 2.75) is 32.4 Å². The molecule has 0 unspecified atom stereocenters. The van der Waals surface area contributed by atoms with Gasteiger partial charge in [0.25, 0.3) is 5.56 Å². The summed E-state index contributed by atoms with van der Waals surface area (Å²) in [6.07, 6.45) is 1.62. The van der Waals surface area contributed by atoms with E-state index in [1.54, 1.807) is 10.9 Å². The van der Waals surface area contributed by atoms with E-state index in [1.807, 2.05) is 28.7 Å². The highest BCUT2D eigenvalue weighted by Crippen LogP contribution is 2.12. The average Bonchev–Trinajstić information content (AvgIpc) is 2.95. The SMILES string of the molecule is C[Si](C)(C)CCOCn1c(=O)c2ccccc2n2cnnc12. The van der Waals surface area contributed by atoms with Gasteiger partial charge in [0.15, 0.2) is 0 Å². The standard InChI is InChI=1S/C15H20N4O2Si/c1-22(2,3)9-8-21-11-19-14(20)12-6-4-5-7-13(12)18-10-16-17-15(18)19/h4-7,10H,8-9,11H2,1-3H3. The molecule has 0 aliphatic rings. The molecule has 2 heterocycles. The molecule has 2 aromatic heterocycles. The molecule has 116 valence electrons. The fourth-order valence-corrected chi connectivity index (χ4v) is 3.09. The molecule has 6 nitrogen and oxygen atoms in total. The minimum absolute atomic E-state index is 0.0934. The van der Waals surface area contributed by atoms with Crippen molar-refractivity contribution in [2.75, 3.05) is 6.61 Å². The van der Waals surface area contributed by atoms with Gasteiger partial charge in [-0.1, -0.05) is 31.8 Å². The summed E-state index contributed by atoms with van der Waals surface area (Å²) in [5.74, 6) is 0.511. The van der Waals surface area contributed by atoms with Gasteiger partial charge in [0.05, 0.1) is 10.9 Å². The topological polar surface area (TPSA) is 61.4 Å². The fourth-order valence-electron chi connectivity index (χ4n) is 2.33. The van der Waals surface area contributed by atoms with E-state index in [4.69, 9.17) is 4.74 Å². The van der Waals surface area contributed by atoms with Crippen LogP contribution in [0.5, 0.6) is 0 Å². The highest BCUT2D eigenvalue weighted by Gasteiger charge is 2.14. The summed E-state index contributed by atoms with van der Waals surface area (Å²) in [6.45, 7) is 7.77. The van der Waals surface area contributed by atoms with E-state index >= 15 is 0 Å². The number of nitrogens with zero attached hydrogens (tertiary/aromatic N) is 4. The Labute approximate surface area is 129 Å². The summed E-state index contributed by atoms with van der Waals surface area (Å²) in [5, 5.41) is 8.63. The van der Waals surface area contributed by atoms with Crippen molar-refractivity contribution in [1.82, 2.24) is 19.2 Å². The molecule has 0 saturated carbocycles. The van der Waals surface area contributed by atoms with E-state index in [-0.39, 0.29) is 12.3 Å². The first-order valence-electron chi connectivity index (χ1n) is 7.36. The number of hydrogen-bond acceptors (Lipinski definition) is 4. The quantitative estimate of drug-likeness (QED) is 0.535. The lowest BCUT2D eigenvalue weighted by molar-refractivity contribution is 0.0871. The Bertz CT molecular complexity index is 863. The third-order valence-corrected chi connectivity index (χ3v) is 5.33. The second-order valence-corrected chi connectivity index (χ2v) is 12.2. The van der Waals surface area contributed by atoms with Crippen LogP contribution < -0.4 is 5.56 Å². The van der Waals surface area contributed by atoms with Crippen LogP contribution in [0, 0.1) is 0 Å². The fraction of sp³-hybridized carbons (Fsp3) is 0.400. The molecular weight excluding hydrogens is 296 g/mol. The molecule has 3 rings (SSSR count). The highest BCUT2D eigenvalue weighted by molar-refractivity contribution is 6.76. The van der Waals surface area contributed by atoms with Crippen molar-refractivity contribution in [3.05, 3.63) is 40.9 Å². The van der Waals surface area contributed by atoms with Gasteiger partial charge in [0.1, 0.15) is 13.1 Å². The predicted octanol–water partition coefficient (Wildman–Crippen LogP) is 2.36. The van der Waals surface area contributed by atoms with Gasteiger partial charge in [-0.2, -0.15) is 0 Å². The molecule has 0 saturated heterocycles. The smallest absolute Gasteiger partial charge is 0.264 e. The zero-order valence-electron chi connectivity index (χ0n) is 13.1. The van der Waals surface area contributed by atoms with Crippen LogP contribution in [0.1, 0.15) is 0 Å². The van der Waals surface area contributed by atoms with Gasteiger partial charge in [-0.15, -0.1) is 10.2 Å². The van der Waals surface area contributed by atoms with Gasteiger partial charge in [-0.3, -0.25) is 13.8 Å². The van der Waals surface area contributed by atoms with Crippen molar-refractivity contribution in [3.8, 4) is 0 Å². The van der Waals surface area contributed by atoms with Crippen molar-refractivity contribution in [2.24, 2.45) is 0 Å². The third-order valence-electron chi connectivity index (χ3n) is 3.63. The molecule has 0 amide bonds. The van der Waals surface area contributed by atoms with Gasteiger partial charge in [-0.25, -0.2) is 0 Å². The molecule has 1 aromatic carbocycles. The van der Waals surface area contributed by atoms with Crippen molar-refractivity contribution in [1.29, 1.82) is 0 Å². The van der Waals surface area contributed by atoms with Gasteiger partial charge in [-0.05, 0) is 18.2 Å². The van der Waals surface area contributed by atoms with Crippen molar-refractivity contribution < 1.29 is 4.74 Å². The minimum atomic E-state index is -1.14. The molecule has 22 heavy (non-hydrogen) atoms. The van der Waals surface area contributed by atoms with Gasteiger partial charge < -0.3 is 4.74 Å². The second kappa shape index (κ2) is 5.66. The first-order chi connectivity index (χ1) is 10.5. The largest absolute Gasteiger partial charge is 0.361 e.